The number of hydrogen-bond acceptors (Lipinski definition) is 4. The second-order valence-corrected chi connectivity index (χ2v) is 7.54. The summed E-state index contributed by atoms with van der Waals surface area (Å²) in [5.41, 5.74) is 4.60. The monoisotopic (exact) mass is 394 g/mol. The molecule has 0 spiro atoms. The average Bonchev–Trinajstić information content (AvgIpc) is 2.70. The first kappa shape index (κ1) is 20.9. The maximum Gasteiger partial charge on any atom is 0.221 e. The van der Waals surface area contributed by atoms with Gasteiger partial charge in [0.2, 0.25) is 11.8 Å². The summed E-state index contributed by atoms with van der Waals surface area (Å²) in [6.45, 7) is 8.75. The molecule has 1 aliphatic heterocycles. The van der Waals surface area contributed by atoms with Gasteiger partial charge >= 0.3 is 0 Å². The molecule has 1 aliphatic rings. The number of nitrogens with zero attached hydrogens (tertiary/aromatic N) is 2. The smallest absolute Gasteiger partial charge is 0.221 e. The van der Waals surface area contributed by atoms with Crippen molar-refractivity contribution in [2.24, 2.45) is 0 Å². The summed E-state index contributed by atoms with van der Waals surface area (Å²) in [4.78, 5) is 26.9. The van der Waals surface area contributed by atoms with Gasteiger partial charge in [-0.15, -0.1) is 0 Å². The molecule has 6 nitrogen and oxygen atoms in total. The first-order valence-electron chi connectivity index (χ1n) is 10.2. The molecule has 2 N–H and O–H groups in total. The molecule has 29 heavy (non-hydrogen) atoms. The van der Waals surface area contributed by atoms with Crippen LogP contribution in [0, 0.1) is 0 Å². The summed E-state index contributed by atoms with van der Waals surface area (Å²) in [5.74, 6) is -0.0310. The van der Waals surface area contributed by atoms with Gasteiger partial charge in [-0.2, -0.15) is 0 Å². The van der Waals surface area contributed by atoms with Gasteiger partial charge in [0.25, 0.3) is 0 Å². The number of piperazine rings is 1. The molecule has 0 unspecified atom stereocenters. The van der Waals surface area contributed by atoms with Crippen LogP contribution in [0.3, 0.4) is 0 Å². The van der Waals surface area contributed by atoms with Crippen LogP contribution in [0.4, 0.5) is 11.4 Å². The zero-order valence-electron chi connectivity index (χ0n) is 17.3. The summed E-state index contributed by atoms with van der Waals surface area (Å²) in [6, 6.07) is 16.7. The Morgan fingerprint density at radius 3 is 2.03 bits per heavy atom. The summed E-state index contributed by atoms with van der Waals surface area (Å²) in [5, 5.41) is 5.64. The Labute approximate surface area is 172 Å². The molecule has 2 aromatic carbocycles. The van der Waals surface area contributed by atoms with E-state index in [0.717, 1.165) is 44.8 Å². The Hall–Kier alpha value is -2.86. The lowest BCUT2D eigenvalue weighted by molar-refractivity contribution is -0.119. The second-order valence-electron chi connectivity index (χ2n) is 7.54. The molecule has 0 bridgehead atoms. The summed E-state index contributed by atoms with van der Waals surface area (Å²) in [6.07, 6.45) is 0.860. The highest BCUT2D eigenvalue weighted by Gasteiger charge is 2.17. The Bertz CT molecular complexity index is 810. The molecule has 154 valence electrons. The van der Waals surface area contributed by atoms with Gasteiger partial charge in [-0.05, 0) is 41.8 Å². The average molecular weight is 395 g/mol. The quantitative estimate of drug-likeness (QED) is 0.758. The third-order valence-electron chi connectivity index (χ3n) is 5.14. The van der Waals surface area contributed by atoms with E-state index >= 15 is 0 Å². The zero-order chi connectivity index (χ0) is 20.6. The Morgan fingerprint density at radius 2 is 1.45 bits per heavy atom. The Balaban J connectivity index is 1.44. The van der Waals surface area contributed by atoms with Gasteiger partial charge in [0.05, 0.1) is 0 Å². The minimum Gasteiger partial charge on any atom is -0.369 e. The lowest BCUT2D eigenvalue weighted by atomic mass is 10.1. The van der Waals surface area contributed by atoms with E-state index in [1.54, 1.807) is 6.92 Å². The summed E-state index contributed by atoms with van der Waals surface area (Å²) in [7, 11) is 0. The van der Waals surface area contributed by atoms with Crippen LogP contribution < -0.4 is 15.5 Å². The van der Waals surface area contributed by atoms with Crippen molar-refractivity contribution in [3.63, 3.8) is 0 Å². The van der Waals surface area contributed by atoms with Crippen LogP contribution in [0.1, 0.15) is 25.0 Å². The molecule has 0 radical (unpaired) electrons. The predicted octanol–water partition coefficient (Wildman–Crippen LogP) is 2.65. The molecular weight excluding hydrogens is 364 g/mol. The molecule has 0 aliphatic carbocycles. The van der Waals surface area contributed by atoms with Crippen molar-refractivity contribution in [1.82, 2.24) is 10.2 Å². The van der Waals surface area contributed by atoms with Gasteiger partial charge in [0.1, 0.15) is 0 Å². The van der Waals surface area contributed by atoms with Crippen molar-refractivity contribution >= 4 is 23.2 Å². The SMILES string of the molecule is CC(=O)NCCc1ccc(CN2CCN(c3ccc(NC(C)=O)cc3)CC2)cc1. The molecule has 1 saturated heterocycles. The zero-order valence-corrected chi connectivity index (χ0v) is 17.3. The van der Waals surface area contributed by atoms with Crippen molar-refractivity contribution in [2.75, 3.05) is 42.9 Å². The molecule has 0 saturated carbocycles. The van der Waals surface area contributed by atoms with Crippen LogP contribution in [0.15, 0.2) is 48.5 Å². The van der Waals surface area contributed by atoms with Crippen molar-refractivity contribution < 1.29 is 9.59 Å². The highest BCUT2D eigenvalue weighted by molar-refractivity contribution is 5.88. The van der Waals surface area contributed by atoms with Crippen LogP contribution in [0.25, 0.3) is 0 Å². The van der Waals surface area contributed by atoms with Gasteiger partial charge in [-0.25, -0.2) is 0 Å². The molecular formula is C23H30N4O2. The minimum absolute atomic E-state index is 0.0180. The Morgan fingerprint density at radius 1 is 0.828 bits per heavy atom. The van der Waals surface area contributed by atoms with Crippen molar-refractivity contribution in [3.05, 3.63) is 59.7 Å². The van der Waals surface area contributed by atoms with Crippen molar-refractivity contribution in [3.8, 4) is 0 Å². The number of benzene rings is 2. The van der Waals surface area contributed by atoms with Gasteiger partial charge < -0.3 is 15.5 Å². The van der Waals surface area contributed by atoms with E-state index in [4.69, 9.17) is 0 Å². The fourth-order valence-electron chi connectivity index (χ4n) is 3.58. The molecule has 2 aromatic rings. The van der Waals surface area contributed by atoms with Gasteiger partial charge in [0.15, 0.2) is 0 Å². The number of amides is 2. The summed E-state index contributed by atoms with van der Waals surface area (Å²) >= 11 is 0. The van der Waals surface area contributed by atoms with E-state index in [1.807, 2.05) is 12.1 Å². The molecule has 1 heterocycles. The van der Waals surface area contributed by atoms with Gasteiger partial charge in [-0.1, -0.05) is 24.3 Å². The van der Waals surface area contributed by atoms with Crippen LogP contribution in [-0.4, -0.2) is 49.4 Å². The normalized spacial score (nSPS) is 14.5. The van der Waals surface area contributed by atoms with E-state index in [-0.39, 0.29) is 11.8 Å². The van der Waals surface area contributed by atoms with E-state index in [1.165, 1.54) is 23.7 Å². The van der Waals surface area contributed by atoms with E-state index in [9.17, 15) is 9.59 Å². The first-order valence-corrected chi connectivity index (χ1v) is 10.2. The highest BCUT2D eigenvalue weighted by atomic mass is 16.2. The molecule has 0 aromatic heterocycles. The number of carbonyl (C=O) groups is 2. The van der Waals surface area contributed by atoms with Crippen LogP contribution in [0.2, 0.25) is 0 Å². The maximum absolute atomic E-state index is 11.1. The maximum atomic E-state index is 11.1. The first-order chi connectivity index (χ1) is 14.0. The molecule has 3 rings (SSSR count). The van der Waals surface area contributed by atoms with Crippen LogP contribution in [-0.2, 0) is 22.6 Å². The molecule has 2 amide bonds. The predicted molar refractivity (Wildman–Crippen MR) is 117 cm³/mol. The number of rotatable bonds is 7. The topological polar surface area (TPSA) is 64.7 Å². The number of carbonyl (C=O) groups excluding carboxylic acids is 2. The van der Waals surface area contributed by atoms with Crippen molar-refractivity contribution in [1.29, 1.82) is 0 Å². The Kier molecular flexibility index (Phi) is 7.25. The highest BCUT2D eigenvalue weighted by Crippen LogP contribution is 2.20. The number of nitrogens with one attached hydrogen (secondary N) is 2. The summed E-state index contributed by atoms with van der Waals surface area (Å²) < 4.78 is 0. The van der Waals surface area contributed by atoms with Crippen molar-refractivity contribution in [2.45, 2.75) is 26.8 Å². The minimum atomic E-state index is -0.0490. The van der Waals surface area contributed by atoms with Crippen LogP contribution >= 0.6 is 0 Å². The lowest BCUT2D eigenvalue weighted by Crippen LogP contribution is -2.45. The largest absolute Gasteiger partial charge is 0.369 e. The third-order valence-corrected chi connectivity index (χ3v) is 5.14. The molecule has 1 fully saturated rings. The van der Waals surface area contributed by atoms with Gasteiger partial charge in [0, 0.05) is 64.5 Å². The van der Waals surface area contributed by atoms with E-state index < -0.39 is 0 Å². The molecule has 0 atom stereocenters. The third kappa shape index (κ3) is 6.61. The van der Waals surface area contributed by atoms with E-state index in [2.05, 4.69) is 56.8 Å². The van der Waals surface area contributed by atoms with Crippen LogP contribution in [0.5, 0.6) is 0 Å². The van der Waals surface area contributed by atoms with Gasteiger partial charge in [-0.3, -0.25) is 14.5 Å². The number of anilines is 2. The number of hydrogen-bond donors (Lipinski definition) is 2. The fourth-order valence-corrected chi connectivity index (χ4v) is 3.58. The molecule has 6 heteroatoms. The van der Waals surface area contributed by atoms with E-state index in [0.29, 0.717) is 6.54 Å². The standard InChI is InChI=1S/C23H30N4O2/c1-18(28)24-12-11-20-3-5-21(6-4-20)17-26-13-15-27(16-14-26)23-9-7-22(8-10-23)25-19(2)29/h3-10H,11-17H2,1-2H3,(H,24,28)(H,25,29). The second kappa shape index (κ2) is 10.1. The fraction of sp³-hybridized carbons (Fsp3) is 0.391. The lowest BCUT2D eigenvalue weighted by Gasteiger charge is -2.36.